The van der Waals surface area contributed by atoms with Gasteiger partial charge in [-0.2, -0.15) is 0 Å². The number of carboxylic acid groups (broad SMARTS) is 2. The molecule has 0 radical (unpaired) electrons. The molecule has 3 N–H and O–H groups in total. The Bertz CT molecular complexity index is 696. The van der Waals surface area contributed by atoms with E-state index < -0.39 is 18.0 Å². The summed E-state index contributed by atoms with van der Waals surface area (Å²) in [5.74, 6) is -2.79. The van der Waals surface area contributed by atoms with Crippen molar-refractivity contribution >= 4 is 27.9 Å². The number of aliphatic carboxylic acids is 2. The number of hydrogen-bond donors (Lipinski definition) is 3. The van der Waals surface area contributed by atoms with Crippen molar-refractivity contribution in [2.75, 3.05) is 26.7 Å². The molecule has 0 saturated carbocycles. The number of carboxylic acids is 2. The van der Waals surface area contributed by atoms with E-state index in [1.807, 2.05) is 61.6 Å². The van der Waals surface area contributed by atoms with Gasteiger partial charge >= 0.3 is 11.9 Å². The van der Waals surface area contributed by atoms with Gasteiger partial charge in [0.25, 0.3) is 0 Å². The van der Waals surface area contributed by atoms with Crippen molar-refractivity contribution in [3.8, 4) is 5.75 Å². The Morgan fingerprint density at radius 3 is 2.11 bits per heavy atom. The Balaban J connectivity index is 0.000000527. The van der Waals surface area contributed by atoms with Crippen LogP contribution >= 0.6 is 15.9 Å². The van der Waals surface area contributed by atoms with Crippen LogP contribution in [0.2, 0.25) is 0 Å². The van der Waals surface area contributed by atoms with Crippen LogP contribution < -0.4 is 4.74 Å². The molecule has 0 spiro atoms. The maximum absolute atomic E-state index is 10.2. The molecule has 2 aromatic rings. The monoisotopic (exact) mass is 439 g/mol. The highest BCUT2D eigenvalue weighted by Gasteiger charge is 2.10. The fourth-order valence-electron chi connectivity index (χ4n) is 2.02. The summed E-state index contributed by atoms with van der Waals surface area (Å²) in [7, 11) is 1.98. The van der Waals surface area contributed by atoms with Crippen LogP contribution in [0.1, 0.15) is 11.7 Å². The summed E-state index contributed by atoms with van der Waals surface area (Å²) in [6.45, 7) is 1.95. The number of aliphatic hydroxyl groups is 1. The first-order chi connectivity index (χ1) is 12.8. The van der Waals surface area contributed by atoms with Crippen molar-refractivity contribution in [2.24, 2.45) is 0 Å². The van der Waals surface area contributed by atoms with Gasteiger partial charge in [-0.1, -0.05) is 46.3 Å². The van der Waals surface area contributed by atoms with Crippen LogP contribution in [0.15, 0.2) is 59.1 Å². The molecule has 0 bridgehead atoms. The van der Waals surface area contributed by atoms with E-state index in [-0.39, 0.29) is 0 Å². The second-order valence-corrected chi connectivity index (χ2v) is 6.52. The van der Waals surface area contributed by atoms with E-state index in [1.165, 1.54) is 0 Å². The molecule has 0 aliphatic rings. The number of likely N-dealkylation sites (N-methyl/N-ethyl adjacent to an activating group) is 1. The number of hydrogen-bond acceptors (Lipinski definition) is 5. The fraction of sp³-hybridized carbons (Fsp3) is 0.263. The second-order valence-electron chi connectivity index (χ2n) is 5.60. The molecule has 0 heterocycles. The van der Waals surface area contributed by atoms with E-state index in [4.69, 9.17) is 24.5 Å². The summed E-state index contributed by atoms with van der Waals surface area (Å²) >= 11 is 3.39. The summed E-state index contributed by atoms with van der Waals surface area (Å²) in [5, 5.41) is 24.9. The Morgan fingerprint density at radius 1 is 1.04 bits per heavy atom. The molecule has 0 saturated heterocycles. The van der Waals surface area contributed by atoms with Gasteiger partial charge in [0.05, 0.1) is 6.10 Å². The summed E-state index contributed by atoms with van der Waals surface area (Å²) in [4.78, 5) is 20.3. The summed E-state index contributed by atoms with van der Waals surface area (Å²) in [6, 6.07) is 17.5. The molecule has 1 atom stereocenters. The van der Waals surface area contributed by atoms with Gasteiger partial charge in [-0.25, -0.2) is 9.59 Å². The minimum atomic E-state index is -1.82. The number of rotatable bonds is 7. The predicted octanol–water partition coefficient (Wildman–Crippen LogP) is 2.65. The zero-order chi connectivity index (χ0) is 20.2. The van der Waals surface area contributed by atoms with Crippen LogP contribution in [0.5, 0.6) is 5.75 Å². The van der Waals surface area contributed by atoms with Crippen molar-refractivity contribution in [1.29, 1.82) is 0 Å². The average Bonchev–Trinajstić information content (AvgIpc) is 2.64. The molecular formula is C19H22BrNO6. The number of halogens is 1. The molecule has 1 unspecified atom stereocenters. The topological polar surface area (TPSA) is 107 Å². The van der Waals surface area contributed by atoms with Gasteiger partial charge in [-0.15, -0.1) is 0 Å². The Kier molecular flexibility index (Phi) is 10.1. The van der Waals surface area contributed by atoms with Crippen molar-refractivity contribution in [1.82, 2.24) is 4.90 Å². The Hall–Kier alpha value is -2.42. The van der Waals surface area contributed by atoms with Crippen LogP contribution in [-0.2, 0) is 9.59 Å². The van der Waals surface area contributed by atoms with E-state index in [2.05, 4.69) is 20.8 Å². The molecule has 2 rings (SSSR count). The Morgan fingerprint density at radius 2 is 1.59 bits per heavy atom. The molecule has 146 valence electrons. The van der Waals surface area contributed by atoms with Gasteiger partial charge in [0.1, 0.15) is 12.4 Å². The lowest BCUT2D eigenvalue weighted by Crippen LogP contribution is -2.28. The van der Waals surface area contributed by atoms with Crippen LogP contribution in [0.4, 0.5) is 0 Å². The van der Waals surface area contributed by atoms with E-state index in [0.29, 0.717) is 13.2 Å². The van der Waals surface area contributed by atoms with E-state index in [1.54, 1.807) is 0 Å². The van der Waals surface area contributed by atoms with Gasteiger partial charge in [0.15, 0.2) is 0 Å². The summed E-state index contributed by atoms with van der Waals surface area (Å²) in [5.41, 5.74) is 0.943. The molecule has 0 aliphatic heterocycles. The maximum Gasteiger partial charge on any atom is 0.414 e. The third-order valence-electron chi connectivity index (χ3n) is 3.41. The Labute approximate surface area is 165 Å². The van der Waals surface area contributed by atoms with Gasteiger partial charge in [-0.05, 0) is 36.9 Å². The van der Waals surface area contributed by atoms with Crippen molar-refractivity contribution in [3.05, 3.63) is 64.6 Å². The van der Waals surface area contributed by atoms with Gasteiger partial charge in [0.2, 0.25) is 0 Å². The van der Waals surface area contributed by atoms with Crippen LogP contribution in [-0.4, -0.2) is 58.9 Å². The highest BCUT2D eigenvalue weighted by molar-refractivity contribution is 9.10. The number of benzene rings is 2. The molecule has 7 nitrogen and oxygen atoms in total. The lowest BCUT2D eigenvalue weighted by molar-refractivity contribution is -0.159. The van der Waals surface area contributed by atoms with Gasteiger partial charge < -0.3 is 25.0 Å². The summed E-state index contributed by atoms with van der Waals surface area (Å²) in [6.07, 6.45) is -0.469. The van der Waals surface area contributed by atoms with Crippen molar-refractivity contribution in [2.45, 2.75) is 6.10 Å². The molecule has 0 aromatic heterocycles. The van der Waals surface area contributed by atoms with E-state index >= 15 is 0 Å². The van der Waals surface area contributed by atoms with Crippen LogP contribution in [0.25, 0.3) is 0 Å². The number of aliphatic hydroxyl groups excluding tert-OH is 1. The highest BCUT2D eigenvalue weighted by atomic mass is 79.9. The third-order valence-corrected chi connectivity index (χ3v) is 3.94. The maximum atomic E-state index is 10.2. The van der Waals surface area contributed by atoms with E-state index in [0.717, 1.165) is 22.3 Å². The van der Waals surface area contributed by atoms with Crippen molar-refractivity contribution < 1.29 is 29.6 Å². The zero-order valence-corrected chi connectivity index (χ0v) is 16.4. The second kappa shape index (κ2) is 12.1. The largest absolute Gasteiger partial charge is 0.492 e. The summed E-state index contributed by atoms with van der Waals surface area (Å²) < 4.78 is 6.71. The minimum absolute atomic E-state index is 0.469. The molecule has 0 aliphatic carbocycles. The third kappa shape index (κ3) is 9.74. The first-order valence-corrected chi connectivity index (χ1v) is 8.85. The molecule has 8 heteroatoms. The molecule has 27 heavy (non-hydrogen) atoms. The normalized spacial score (nSPS) is 11.3. The van der Waals surface area contributed by atoms with E-state index in [9.17, 15) is 5.11 Å². The average molecular weight is 440 g/mol. The fourth-order valence-corrected chi connectivity index (χ4v) is 2.28. The smallest absolute Gasteiger partial charge is 0.414 e. The van der Waals surface area contributed by atoms with Crippen LogP contribution in [0, 0.1) is 0 Å². The highest BCUT2D eigenvalue weighted by Crippen LogP contribution is 2.16. The standard InChI is InChI=1S/C17H20BrNO2.C2H2O4/c1-19(13-17(20)14-5-3-2-4-6-14)11-12-21-16-9-7-15(18)8-10-16;3-1(4)2(5)6/h2-10,17,20H,11-13H2,1H3;(H,3,4)(H,5,6). The molecule has 2 aromatic carbocycles. The van der Waals surface area contributed by atoms with Gasteiger partial charge in [0, 0.05) is 17.6 Å². The quantitative estimate of drug-likeness (QED) is 0.569. The molecular weight excluding hydrogens is 418 g/mol. The zero-order valence-electron chi connectivity index (χ0n) is 14.8. The number of carbonyl (C=O) groups is 2. The van der Waals surface area contributed by atoms with Crippen molar-refractivity contribution in [3.63, 3.8) is 0 Å². The first kappa shape index (κ1) is 22.6. The SMILES string of the molecule is CN(CCOc1ccc(Br)cc1)CC(O)c1ccccc1.O=C(O)C(=O)O. The predicted molar refractivity (Wildman–Crippen MR) is 104 cm³/mol. The van der Waals surface area contributed by atoms with Gasteiger partial charge in [-0.3, -0.25) is 0 Å². The minimum Gasteiger partial charge on any atom is -0.492 e. The molecule has 0 amide bonds. The number of ether oxygens (including phenoxy) is 1. The number of nitrogens with zero attached hydrogens (tertiary/aromatic N) is 1. The first-order valence-electron chi connectivity index (χ1n) is 8.05. The molecule has 0 fully saturated rings. The van der Waals surface area contributed by atoms with Crippen LogP contribution in [0.3, 0.4) is 0 Å². The lowest BCUT2D eigenvalue weighted by Gasteiger charge is -2.20. The lowest BCUT2D eigenvalue weighted by atomic mass is 10.1.